The summed E-state index contributed by atoms with van der Waals surface area (Å²) in [6.45, 7) is 5.16. The van der Waals surface area contributed by atoms with E-state index in [0.717, 1.165) is 35.0 Å². The Hall–Kier alpha value is -3.39. The number of carbonyl (C=O) groups is 2. The first kappa shape index (κ1) is 26.2. The highest BCUT2D eigenvalue weighted by atomic mass is 35.5. The molecule has 1 aliphatic heterocycles. The minimum Gasteiger partial charge on any atom is -0.504 e. The number of nitrogens with zero attached hydrogens (tertiary/aromatic N) is 1. The molecule has 0 radical (unpaired) electrons. The van der Waals surface area contributed by atoms with Gasteiger partial charge >= 0.3 is 6.09 Å². The van der Waals surface area contributed by atoms with Gasteiger partial charge in [-0.25, -0.2) is 4.79 Å². The maximum absolute atomic E-state index is 12.9. The van der Waals surface area contributed by atoms with Crippen LogP contribution in [0.15, 0.2) is 42.5 Å². The molecule has 1 saturated carbocycles. The van der Waals surface area contributed by atoms with E-state index in [1.54, 1.807) is 17.0 Å². The second kappa shape index (κ2) is 10.1. The van der Waals surface area contributed by atoms with Crippen LogP contribution in [0, 0.1) is 0 Å². The molecular formula is C29H34ClN3O5. The molecule has 202 valence electrons. The molecule has 1 aromatic heterocycles. The third-order valence-electron chi connectivity index (χ3n) is 7.82. The van der Waals surface area contributed by atoms with Gasteiger partial charge in [0, 0.05) is 47.7 Å². The van der Waals surface area contributed by atoms with Crippen LogP contribution in [0.4, 0.5) is 10.5 Å². The van der Waals surface area contributed by atoms with Crippen molar-refractivity contribution in [1.82, 2.24) is 9.88 Å². The summed E-state index contributed by atoms with van der Waals surface area (Å²) in [7, 11) is 0. The lowest BCUT2D eigenvalue weighted by molar-refractivity contribution is -0.113. The largest absolute Gasteiger partial charge is 0.504 e. The number of likely N-dealkylation sites (tertiary alicyclic amines) is 1. The number of halogens is 1. The number of piperidine rings is 1. The van der Waals surface area contributed by atoms with Crippen molar-refractivity contribution >= 4 is 39.5 Å². The van der Waals surface area contributed by atoms with Crippen LogP contribution < -0.4 is 10.5 Å². The molecule has 3 aromatic rings. The Kier molecular flexibility index (Phi) is 6.94. The molecule has 2 aromatic carbocycles. The molecule has 0 unspecified atom stereocenters. The standard InChI is InChI=1S/C29H34ClN3O5/c1-28(2,11-14-37-25-17-20(3-6-24(25)34)29(9-10-29)26(30)35)38-27(36)33-12-7-18(8-13-33)23-16-19-15-21(31)4-5-22(19)32-23/h3-6,15-18,32,34H,7-14,31H2,1-2H3. The fraction of sp³-hybridized carbons (Fsp3) is 0.448. The van der Waals surface area contributed by atoms with Gasteiger partial charge < -0.3 is 30.2 Å². The maximum atomic E-state index is 12.9. The summed E-state index contributed by atoms with van der Waals surface area (Å²) in [6, 6.07) is 12.9. The molecule has 0 atom stereocenters. The molecule has 2 fully saturated rings. The van der Waals surface area contributed by atoms with Gasteiger partial charge in [-0.1, -0.05) is 6.07 Å². The summed E-state index contributed by atoms with van der Waals surface area (Å²) in [5, 5.41) is 10.9. The van der Waals surface area contributed by atoms with E-state index in [9.17, 15) is 14.7 Å². The Morgan fingerprint density at radius 3 is 2.58 bits per heavy atom. The number of nitrogen functional groups attached to an aromatic ring is 1. The minimum atomic E-state index is -0.762. The molecule has 8 nitrogen and oxygen atoms in total. The molecule has 1 amide bonds. The molecule has 2 aliphatic rings. The number of rotatable bonds is 8. The van der Waals surface area contributed by atoms with Crippen molar-refractivity contribution in [2.24, 2.45) is 0 Å². The van der Waals surface area contributed by atoms with Crippen molar-refractivity contribution < 1.29 is 24.2 Å². The third-order valence-corrected chi connectivity index (χ3v) is 8.18. The van der Waals surface area contributed by atoms with Crippen LogP contribution in [0.3, 0.4) is 0 Å². The normalized spacial score (nSPS) is 17.4. The van der Waals surface area contributed by atoms with Crippen molar-refractivity contribution in [2.45, 2.75) is 62.9 Å². The van der Waals surface area contributed by atoms with E-state index in [1.807, 2.05) is 32.0 Å². The van der Waals surface area contributed by atoms with Crippen LogP contribution in [0.25, 0.3) is 10.9 Å². The van der Waals surface area contributed by atoms with Gasteiger partial charge in [-0.2, -0.15) is 0 Å². The lowest BCUT2D eigenvalue weighted by Gasteiger charge is -2.34. The number of hydrogen-bond acceptors (Lipinski definition) is 6. The first-order valence-corrected chi connectivity index (χ1v) is 13.5. The minimum absolute atomic E-state index is 0.0114. The highest BCUT2D eigenvalue weighted by Crippen LogP contribution is 2.51. The topological polar surface area (TPSA) is 118 Å². The molecule has 2 heterocycles. The van der Waals surface area contributed by atoms with Crippen molar-refractivity contribution in [3.63, 3.8) is 0 Å². The van der Waals surface area contributed by atoms with Gasteiger partial charge in [-0.15, -0.1) is 0 Å². The van der Waals surface area contributed by atoms with E-state index in [2.05, 4.69) is 11.1 Å². The van der Waals surface area contributed by atoms with E-state index >= 15 is 0 Å². The van der Waals surface area contributed by atoms with Crippen LogP contribution >= 0.6 is 11.6 Å². The Labute approximate surface area is 227 Å². The average molecular weight is 540 g/mol. The first-order valence-electron chi connectivity index (χ1n) is 13.1. The molecule has 0 bridgehead atoms. The lowest BCUT2D eigenvalue weighted by Crippen LogP contribution is -2.42. The van der Waals surface area contributed by atoms with Crippen molar-refractivity contribution in [1.29, 1.82) is 0 Å². The summed E-state index contributed by atoms with van der Waals surface area (Å²) in [6.07, 6.45) is 3.18. The maximum Gasteiger partial charge on any atom is 0.410 e. The van der Waals surface area contributed by atoms with Gasteiger partial charge in [0.15, 0.2) is 11.5 Å². The number of ether oxygens (including phenoxy) is 2. The van der Waals surface area contributed by atoms with Gasteiger partial charge in [-0.05, 0) is 93.1 Å². The summed E-state index contributed by atoms with van der Waals surface area (Å²) in [4.78, 5) is 30.0. The zero-order valence-electron chi connectivity index (χ0n) is 21.8. The number of fused-ring (bicyclic) bond motifs is 1. The van der Waals surface area contributed by atoms with Gasteiger partial charge in [0.1, 0.15) is 5.60 Å². The smallest absolute Gasteiger partial charge is 0.410 e. The number of nitrogens with two attached hydrogens (primary N) is 1. The number of phenols is 1. The summed E-state index contributed by atoms with van der Waals surface area (Å²) in [5.74, 6) is 0.625. The van der Waals surface area contributed by atoms with E-state index < -0.39 is 16.3 Å². The number of H-pyrrole nitrogens is 1. The molecule has 1 saturated heterocycles. The molecular weight excluding hydrogens is 506 g/mol. The molecule has 5 rings (SSSR count). The van der Waals surface area contributed by atoms with E-state index in [1.165, 1.54) is 11.8 Å². The summed E-state index contributed by atoms with van der Waals surface area (Å²) < 4.78 is 11.6. The molecule has 4 N–H and O–H groups in total. The Bertz CT molecular complexity index is 1360. The number of aromatic hydroxyl groups is 1. The third kappa shape index (κ3) is 5.41. The second-order valence-electron chi connectivity index (χ2n) is 11.1. The van der Waals surface area contributed by atoms with E-state index in [0.29, 0.717) is 38.3 Å². The average Bonchev–Trinajstić information content (AvgIpc) is 3.59. The highest BCUT2D eigenvalue weighted by Gasteiger charge is 2.50. The Morgan fingerprint density at radius 1 is 1.16 bits per heavy atom. The number of benzene rings is 2. The summed E-state index contributed by atoms with van der Waals surface area (Å²) >= 11 is 5.80. The van der Waals surface area contributed by atoms with Gasteiger partial charge in [0.25, 0.3) is 0 Å². The van der Waals surface area contributed by atoms with Crippen LogP contribution in [-0.2, 0) is 14.9 Å². The zero-order valence-corrected chi connectivity index (χ0v) is 22.5. The van der Waals surface area contributed by atoms with Gasteiger partial charge in [0.2, 0.25) is 5.24 Å². The number of phenolic OH excluding ortho intramolecular Hbond substituents is 1. The zero-order chi connectivity index (χ0) is 27.1. The van der Waals surface area contributed by atoms with Crippen LogP contribution in [0.1, 0.15) is 63.1 Å². The highest BCUT2D eigenvalue weighted by molar-refractivity contribution is 6.66. The SMILES string of the molecule is CC(C)(CCOc1cc(C2(C(=O)Cl)CC2)ccc1O)OC(=O)N1CCC(c2cc3cc(N)ccc3[nH]2)CC1. The second-order valence-corrected chi connectivity index (χ2v) is 11.4. The monoisotopic (exact) mass is 539 g/mol. The number of aromatic amines is 1. The molecule has 0 spiro atoms. The number of hydrogen-bond donors (Lipinski definition) is 3. The van der Waals surface area contributed by atoms with Crippen LogP contribution in [-0.4, -0.2) is 51.6 Å². The van der Waals surface area contributed by atoms with Crippen molar-refractivity contribution in [2.75, 3.05) is 25.4 Å². The van der Waals surface area contributed by atoms with Gasteiger partial charge in [0.05, 0.1) is 12.0 Å². The van der Waals surface area contributed by atoms with E-state index in [-0.39, 0.29) is 24.2 Å². The predicted octanol–water partition coefficient (Wildman–Crippen LogP) is 5.82. The number of amides is 1. The number of aromatic nitrogens is 1. The van der Waals surface area contributed by atoms with Crippen molar-refractivity contribution in [3.8, 4) is 11.5 Å². The molecule has 38 heavy (non-hydrogen) atoms. The Balaban J connectivity index is 1.11. The van der Waals surface area contributed by atoms with Crippen molar-refractivity contribution in [3.05, 3.63) is 53.7 Å². The molecule has 1 aliphatic carbocycles. The van der Waals surface area contributed by atoms with Crippen LogP contribution in [0.5, 0.6) is 11.5 Å². The van der Waals surface area contributed by atoms with E-state index in [4.69, 9.17) is 26.8 Å². The number of anilines is 1. The predicted molar refractivity (Wildman–Crippen MR) is 147 cm³/mol. The molecule has 9 heteroatoms. The summed E-state index contributed by atoms with van der Waals surface area (Å²) in [5.41, 5.74) is 8.21. The van der Waals surface area contributed by atoms with Crippen LogP contribution in [0.2, 0.25) is 0 Å². The number of carbonyl (C=O) groups excluding carboxylic acids is 2. The van der Waals surface area contributed by atoms with Gasteiger partial charge in [-0.3, -0.25) is 4.79 Å². The quantitative estimate of drug-likeness (QED) is 0.245. The first-order chi connectivity index (χ1) is 18.1. The Morgan fingerprint density at radius 2 is 1.89 bits per heavy atom. The fourth-order valence-electron chi connectivity index (χ4n) is 5.18. The fourth-order valence-corrected chi connectivity index (χ4v) is 5.47. The lowest BCUT2D eigenvalue weighted by atomic mass is 9.94. The number of nitrogens with one attached hydrogen (secondary N) is 1.